The molecule has 7 heteroatoms. The first-order valence-corrected chi connectivity index (χ1v) is 8.74. The smallest absolute Gasteiger partial charge is 0.327 e. The number of fused-ring (bicyclic) bond motifs is 1. The molecule has 4 rings (SSSR count). The molecule has 0 N–H and O–H groups in total. The summed E-state index contributed by atoms with van der Waals surface area (Å²) >= 11 is 0. The number of urea groups is 1. The maximum atomic E-state index is 12.5. The minimum absolute atomic E-state index is 0.0343. The van der Waals surface area contributed by atoms with Gasteiger partial charge in [-0.15, -0.1) is 0 Å². The molecule has 4 amide bonds. The lowest BCUT2D eigenvalue weighted by Crippen LogP contribution is -2.44. The van der Waals surface area contributed by atoms with Crippen molar-refractivity contribution in [2.24, 2.45) is 0 Å². The average molecular weight is 343 g/mol. The van der Waals surface area contributed by atoms with E-state index in [0.29, 0.717) is 31.8 Å². The lowest BCUT2D eigenvalue weighted by atomic mass is 10.2. The standard InChI is InChI=1S/C18H21N3O4/c22-16(12-25-14-5-2-1-3-6-14)19-10-8-13(11-19)21-17(23)15-7-4-9-20(15)18(21)24/h1-3,5-6,13,15H,4,7-12H2/t13?,15-/m1/s1. The van der Waals surface area contributed by atoms with Crippen LogP contribution in [0.15, 0.2) is 30.3 Å². The van der Waals surface area contributed by atoms with E-state index in [1.807, 2.05) is 18.2 Å². The molecule has 3 heterocycles. The Morgan fingerprint density at radius 1 is 1.12 bits per heavy atom. The van der Waals surface area contributed by atoms with Gasteiger partial charge in [-0.25, -0.2) is 4.79 Å². The van der Waals surface area contributed by atoms with Crippen LogP contribution in [0.2, 0.25) is 0 Å². The van der Waals surface area contributed by atoms with Crippen molar-refractivity contribution < 1.29 is 19.1 Å². The van der Waals surface area contributed by atoms with Gasteiger partial charge >= 0.3 is 6.03 Å². The van der Waals surface area contributed by atoms with Gasteiger partial charge in [0.05, 0.1) is 6.04 Å². The first-order chi connectivity index (χ1) is 12.1. The lowest BCUT2D eigenvalue weighted by molar-refractivity contribution is -0.133. The van der Waals surface area contributed by atoms with Gasteiger partial charge in [0.15, 0.2) is 6.61 Å². The first-order valence-electron chi connectivity index (χ1n) is 8.74. The van der Waals surface area contributed by atoms with Gasteiger partial charge < -0.3 is 14.5 Å². The number of hydrogen-bond acceptors (Lipinski definition) is 4. The van der Waals surface area contributed by atoms with Gasteiger partial charge in [0.25, 0.3) is 11.8 Å². The number of para-hydroxylation sites is 1. The fourth-order valence-corrected chi connectivity index (χ4v) is 3.91. The summed E-state index contributed by atoms with van der Waals surface area (Å²) in [5.74, 6) is 0.436. The SMILES string of the molecule is O=C(COc1ccccc1)N1CCC(N2C(=O)[C@H]3CCCN3C2=O)C1. The van der Waals surface area contributed by atoms with E-state index in [9.17, 15) is 14.4 Å². The Balaban J connectivity index is 1.34. The third kappa shape index (κ3) is 2.83. The van der Waals surface area contributed by atoms with Crippen LogP contribution in [-0.2, 0) is 9.59 Å². The van der Waals surface area contributed by atoms with Crippen LogP contribution in [-0.4, -0.2) is 70.9 Å². The third-order valence-electron chi connectivity index (χ3n) is 5.21. The van der Waals surface area contributed by atoms with Crippen molar-refractivity contribution >= 4 is 17.8 Å². The van der Waals surface area contributed by atoms with Gasteiger partial charge in [-0.2, -0.15) is 0 Å². The topological polar surface area (TPSA) is 70.2 Å². The van der Waals surface area contributed by atoms with Crippen molar-refractivity contribution in [3.05, 3.63) is 30.3 Å². The van der Waals surface area contributed by atoms with Crippen LogP contribution in [0.25, 0.3) is 0 Å². The molecular formula is C18H21N3O4. The van der Waals surface area contributed by atoms with Crippen molar-refractivity contribution in [2.45, 2.75) is 31.3 Å². The number of hydrogen-bond donors (Lipinski definition) is 0. The van der Waals surface area contributed by atoms with Crippen LogP contribution >= 0.6 is 0 Å². The van der Waals surface area contributed by atoms with Crippen LogP contribution < -0.4 is 4.74 Å². The molecule has 0 spiro atoms. The highest BCUT2D eigenvalue weighted by Gasteiger charge is 2.51. The monoisotopic (exact) mass is 343 g/mol. The maximum absolute atomic E-state index is 12.5. The zero-order chi connectivity index (χ0) is 17.4. The van der Waals surface area contributed by atoms with E-state index in [0.717, 1.165) is 12.8 Å². The molecule has 3 aliphatic rings. The highest BCUT2D eigenvalue weighted by atomic mass is 16.5. The largest absolute Gasteiger partial charge is 0.484 e. The van der Waals surface area contributed by atoms with Crippen LogP contribution in [0, 0.1) is 0 Å². The zero-order valence-electron chi connectivity index (χ0n) is 14.0. The fraction of sp³-hybridized carbons (Fsp3) is 0.500. The predicted molar refractivity (Wildman–Crippen MR) is 88.9 cm³/mol. The number of nitrogens with zero attached hydrogens (tertiary/aromatic N) is 3. The van der Waals surface area contributed by atoms with E-state index in [-0.39, 0.29) is 36.5 Å². The second-order valence-corrected chi connectivity index (χ2v) is 6.73. The Morgan fingerprint density at radius 3 is 2.68 bits per heavy atom. The highest BCUT2D eigenvalue weighted by Crippen LogP contribution is 2.31. The molecule has 2 atom stereocenters. The molecule has 0 saturated carbocycles. The Labute approximate surface area is 146 Å². The molecule has 0 aliphatic carbocycles. The summed E-state index contributed by atoms with van der Waals surface area (Å²) in [5.41, 5.74) is 0. The quantitative estimate of drug-likeness (QED) is 0.768. The van der Waals surface area contributed by atoms with Crippen molar-refractivity contribution in [3.63, 3.8) is 0 Å². The van der Waals surface area contributed by atoms with E-state index in [1.165, 1.54) is 4.90 Å². The number of amides is 4. The van der Waals surface area contributed by atoms with Crippen LogP contribution in [0.1, 0.15) is 19.3 Å². The number of benzene rings is 1. The number of carbonyl (C=O) groups excluding carboxylic acids is 3. The maximum Gasteiger partial charge on any atom is 0.327 e. The second kappa shape index (κ2) is 6.38. The van der Waals surface area contributed by atoms with Gasteiger partial charge in [-0.05, 0) is 31.4 Å². The van der Waals surface area contributed by atoms with Gasteiger partial charge in [0.1, 0.15) is 11.8 Å². The van der Waals surface area contributed by atoms with Crippen molar-refractivity contribution in [1.29, 1.82) is 0 Å². The molecule has 25 heavy (non-hydrogen) atoms. The third-order valence-corrected chi connectivity index (χ3v) is 5.21. The van der Waals surface area contributed by atoms with E-state index >= 15 is 0 Å². The van der Waals surface area contributed by atoms with E-state index in [1.54, 1.807) is 21.9 Å². The zero-order valence-corrected chi connectivity index (χ0v) is 14.0. The normalized spacial score (nSPS) is 25.7. The summed E-state index contributed by atoms with van der Waals surface area (Å²) in [7, 11) is 0. The van der Waals surface area contributed by atoms with E-state index in [2.05, 4.69) is 0 Å². The summed E-state index contributed by atoms with van der Waals surface area (Å²) in [6.07, 6.45) is 2.28. The molecule has 0 bridgehead atoms. The number of carbonyl (C=O) groups is 3. The molecule has 132 valence electrons. The van der Waals surface area contributed by atoms with Gasteiger partial charge in [0, 0.05) is 19.6 Å². The van der Waals surface area contributed by atoms with Crippen molar-refractivity contribution in [3.8, 4) is 5.75 Å². The van der Waals surface area contributed by atoms with Crippen molar-refractivity contribution in [1.82, 2.24) is 14.7 Å². The molecule has 7 nitrogen and oxygen atoms in total. The highest BCUT2D eigenvalue weighted by molar-refractivity contribution is 6.05. The molecule has 3 saturated heterocycles. The minimum Gasteiger partial charge on any atom is -0.484 e. The van der Waals surface area contributed by atoms with E-state index < -0.39 is 0 Å². The minimum atomic E-state index is -0.279. The van der Waals surface area contributed by atoms with E-state index in [4.69, 9.17) is 4.74 Å². The number of rotatable bonds is 4. The summed E-state index contributed by atoms with van der Waals surface area (Å²) in [6.45, 7) is 1.57. The molecular weight excluding hydrogens is 322 g/mol. The average Bonchev–Trinajstić information content (AvgIpc) is 3.33. The Bertz CT molecular complexity index is 671. The molecule has 1 unspecified atom stereocenters. The van der Waals surface area contributed by atoms with Crippen LogP contribution in [0.4, 0.5) is 4.79 Å². The Morgan fingerprint density at radius 2 is 1.92 bits per heavy atom. The summed E-state index contributed by atoms with van der Waals surface area (Å²) < 4.78 is 5.50. The molecule has 0 radical (unpaired) electrons. The molecule has 1 aromatic rings. The Hall–Kier alpha value is -2.57. The van der Waals surface area contributed by atoms with Crippen molar-refractivity contribution in [2.75, 3.05) is 26.2 Å². The second-order valence-electron chi connectivity index (χ2n) is 6.73. The Kier molecular flexibility index (Phi) is 4.07. The van der Waals surface area contributed by atoms with Gasteiger partial charge in [0.2, 0.25) is 0 Å². The summed E-state index contributed by atoms with van der Waals surface area (Å²) in [5, 5.41) is 0. The number of ether oxygens (including phenoxy) is 1. The predicted octanol–water partition coefficient (Wildman–Crippen LogP) is 1.09. The summed E-state index contributed by atoms with van der Waals surface area (Å²) in [6, 6.07) is 8.50. The molecule has 3 aliphatic heterocycles. The number of likely N-dealkylation sites (tertiary alicyclic amines) is 1. The molecule has 3 fully saturated rings. The summed E-state index contributed by atoms with van der Waals surface area (Å²) in [4.78, 5) is 42.1. The van der Waals surface area contributed by atoms with Gasteiger partial charge in [-0.1, -0.05) is 18.2 Å². The lowest BCUT2D eigenvalue weighted by Gasteiger charge is -2.23. The van der Waals surface area contributed by atoms with Gasteiger partial charge in [-0.3, -0.25) is 14.5 Å². The number of imide groups is 1. The van der Waals surface area contributed by atoms with Crippen LogP contribution in [0.3, 0.4) is 0 Å². The molecule has 0 aromatic heterocycles. The fourth-order valence-electron chi connectivity index (χ4n) is 3.91. The first kappa shape index (κ1) is 15.9. The van der Waals surface area contributed by atoms with Crippen LogP contribution in [0.5, 0.6) is 5.75 Å². The molecule has 1 aromatic carbocycles.